The van der Waals surface area contributed by atoms with Gasteiger partial charge in [-0.1, -0.05) is 11.8 Å². The van der Waals surface area contributed by atoms with Crippen LogP contribution in [0.4, 0.5) is 0 Å². The van der Waals surface area contributed by atoms with Crippen molar-refractivity contribution in [1.29, 1.82) is 0 Å². The van der Waals surface area contributed by atoms with Crippen molar-refractivity contribution in [2.45, 2.75) is 54.9 Å². The summed E-state index contributed by atoms with van der Waals surface area (Å²) in [6.07, 6.45) is 7.84. The van der Waals surface area contributed by atoms with Gasteiger partial charge in [0.15, 0.2) is 0 Å². The third-order valence-corrected chi connectivity index (χ3v) is 7.13. The van der Waals surface area contributed by atoms with Crippen molar-refractivity contribution < 1.29 is 18.4 Å². The lowest BCUT2D eigenvalue weighted by atomic mass is 9.49. The zero-order valence-corrected chi connectivity index (χ0v) is 15.6. The van der Waals surface area contributed by atoms with Crippen LogP contribution >= 0.6 is 11.8 Å². The number of furan rings is 1. The second kappa shape index (κ2) is 6.15. The van der Waals surface area contributed by atoms with Gasteiger partial charge in [-0.3, -0.25) is 0 Å². The average molecular weight is 374 g/mol. The fraction of sp³-hybridized carbons (Fsp3) is 0.632. The Kier molecular flexibility index (Phi) is 3.88. The molecule has 4 bridgehead atoms. The minimum atomic E-state index is -0.469. The van der Waals surface area contributed by atoms with Gasteiger partial charge in [0.25, 0.3) is 5.22 Å². The highest BCUT2D eigenvalue weighted by molar-refractivity contribution is 7.98. The van der Waals surface area contributed by atoms with Crippen molar-refractivity contribution in [3.05, 3.63) is 29.5 Å². The highest BCUT2D eigenvalue weighted by Crippen LogP contribution is 2.60. The zero-order valence-electron chi connectivity index (χ0n) is 14.8. The van der Waals surface area contributed by atoms with E-state index in [1.807, 2.05) is 0 Å². The Bertz CT molecular complexity index is 792. The Hall–Kier alpha value is -1.76. The summed E-state index contributed by atoms with van der Waals surface area (Å²) in [6, 6.07) is 3.39. The van der Waals surface area contributed by atoms with Crippen molar-refractivity contribution in [3.8, 4) is 0 Å². The summed E-state index contributed by atoms with van der Waals surface area (Å²) in [5.74, 6) is 4.36. The maximum absolute atomic E-state index is 11.4. The van der Waals surface area contributed by atoms with Crippen LogP contribution in [0.5, 0.6) is 0 Å². The predicted octanol–water partition coefficient (Wildman–Crippen LogP) is 4.21. The number of hydrogen-bond acceptors (Lipinski definition) is 7. The summed E-state index contributed by atoms with van der Waals surface area (Å²) in [7, 11) is 1.34. The number of ether oxygens (including phenoxy) is 1. The molecule has 0 radical (unpaired) electrons. The van der Waals surface area contributed by atoms with E-state index in [9.17, 15) is 4.79 Å². The number of aromatic nitrogens is 2. The lowest BCUT2D eigenvalue weighted by Gasteiger charge is -2.55. The Balaban J connectivity index is 1.27. The normalized spacial score (nSPS) is 32.1. The molecule has 0 aromatic carbocycles. The van der Waals surface area contributed by atoms with Crippen LogP contribution in [0.25, 0.3) is 0 Å². The van der Waals surface area contributed by atoms with Crippen LogP contribution in [-0.2, 0) is 15.9 Å². The van der Waals surface area contributed by atoms with Crippen molar-refractivity contribution in [2.24, 2.45) is 17.8 Å². The van der Waals surface area contributed by atoms with Crippen LogP contribution in [-0.4, -0.2) is 23.3 Å². The van der Waals surface area contributed by atoms with Gasteiger partial charge in [-0.15, -0.1) is 10.2 Å². The van der Waals surface area contributed by atoms with E-state index in [2.05, 4.69) is 14.9 Å². The molecule has 7 heteroatoms. The molecule has 0 atom stereocenters. The van der Waals surface area contributed by atoms with Crippen molar-refractivity contribution >= 4 is 17.7 Å². The molecule has 2 aromatic rings. The number of thioether (sulfide) groups is 1. The van der Waals surface area contributed by atoms with Gasteiger partial charge in [0, 0.05) is 5.41 Å². The molecule has 26 heavy (non-hydrogen) atoms. The second-order valence-electron chi connectivity index (χ2n) is 8.12. The van der Waals surface area contributed by atoms with Crippen LogP contribution < -0.4 is 0 Å². The van der Waals surface area contributed by atoms with E-state index in [1.165, 1.54) is 57.4 Å². The minimum Gasteiger partial charge on any atom is -0.463 e. The predicted molar refractivity (Wildman–Crippen MR) is 93.8 cm³/mol. The molecule has 6 rings (SSSR count). The molecule has 2 aromatic heterocycles. The van der Waals surface area contributed by atoms with Crippen LogP contribution in [0.3, 0.4) is 0 Å². The van der Waals surface area contributed by atoms with Crippen molar-refractivity contribution in [2.75, 3.05) is 7.11 Å². The molecule has 2 heterocycles. The van der Waals surface area contributed by atoms with E-state index in [0.717, 1.165) is 23.6 Å². The lowest BCUT2D eigenvalue weighted by Crippen LogP contribution is -2.48. The first-order chi connectivity index (χ1) is 12.6. The molecule has 0 amide bonds. The minimum absolute atomic E-state index is 0.128. The summed E-state index contributed by atoms with van der Waals surface area (Å²) in [4.78, 5) is 11.4. The van der Waals surface area contributed by atoms with Crippen molar-refractivity contribution in [1.82, 2.24) is 10.2 Å². The van der Waals surface area contributed by atoms with Gasteiger partial charge in [0.1, 0.15) is 5.76 Å². The van der Waals surface area contributed by atoms with E-state index in [0.29, 0.717) is 16.7 Å². The van der Waals surface area contributed by atoms with Gasteiger partial charge in [-0.05, 0) is 68.4 Å². The first-order valence-electron chi connectivity index (χ1n) is 9.27. The highest BCUT2D eigenvalue weighted by Gasteiger charge is 2.54. The molecule has 4 fully saturated rings. The summed E-state index contributed by atoms with van der Waals surface area (Å²) < 4.78 is 16.2. The molecule has 0 N–H and O–H groups in total. The van der Waals surface area contributed by atoms with E-state index < -0.39 is 5.97 Å². The molecule has 138 valence electrons. The third kappa shape index (κ3) is 2.76. The van der Waals surface area contributed by atoms with Crippen LogP contribution in [0, 0.1) is 17.8 Å². The smallest absolute Gasteiger partial charge is 0.373 e. The fourth-order valence-corrected chi connectivity index (χ4v) is 6.31. The summed E-state index contributed by atoms with van der Waals surface area (Å²) >= 11 is 1.44. The quantitative estimate of drug-likeness (QED) is 0.573. The van der Waals surface area contributed by atoms with Crippen LogP contribution in [0.15, 0.2) is 26.2 Å². The Labute approximate surface area is 156 Å². The van der Waals surface area contributed by atoms with Crippen LogP contribution in [0.2, 0.25) is 0 Å². The standard InChI is InChI=1S/C19H22N2O4S/c1-23-16(22)15-3-2-14(24-15)10-26-18-21-20-17(25-18)19-7-11-4-12(8-19)6-13(5-11)9-19/h2-3,11-13H,4-10H2,1H3. The Morgan fingerprint density at radius 1 is 1.15 bits per heavy atom. The maximum Gasteiger partial charge on any atom is 0.373 e. The molecular weight excluding hydrogens is 352 g/mol. The lowest BCUT2D eigenvalue weighted by molar-refractivity contribution is -0.0191. The SMILES string of the molecule is COC(=O)c1ccc(CSc2nnc(C34CC5CC(CC(C5)C3)C4)o2)o1. The van der Waals surface area contributed by atoms with E-state index in [4.69, 9.17) is 8.83 Å². The molecule has 0 spiro atoms. The van der Waals surface area contributed by atoms with Gasteiger partial charge in [0.2, 0.25) is 11.7 Å². The molecular formula is C19H22N2O4S. The number of carbonyl (C=O) groups is 1. The van der Waals surface area contributed by atoms with Crippen LogP contribution in [0.1, 0.15) is 60.7 Å². The largest absolute Gasteiger partial charge is 0.463 e. The number of hydrogen-bond donors (Lipinski definition) is 0. The summed E-state index contributed by atoms with van der Waals surface area (Å²) in [6.45, 7) is 0. The molecule has 6 nitrogen and oxygen atoms in total. The Morgan fingerprint density at radius 3 is 2.50 bits per heavy atom. The molecule has 0 saturated heterocycles. The molecule has 0 aliphatic heterocycles. The molecule has 0 unspecified atom stereocenters. The third-order valence-electron chi connectivity index (χ3n) is 6.28. The monoisotopic (exact) mass is 374 g/mol. The zero-order chi connectivity index (χ0) is 17.7. The second-order valence-corrected chi connectivity index (χ2v) is 9.04. The number of methoxy groups -OCH3 is 1. The van der Waals surface area contributed by atoms with Gasteiger partial charge >= 0.3 is 5.97 Å². The molecule has 4 saturated carbocycles. The fourth-order valence-electron chi connectivity index (χ4n) is 5.65. The average Bonchev–Trinajstić information content (AvgIpc) is 3.28. The number of nitrogens with zero attached hydrogens (tertiary/aromatic N) is 2. The number of rotatable bonds is 5. The number of carbonyl (C=O) groups excluding carboxylic acids is 1. The van der Waals surface area contributed by atoms with Gasteiger partial charge < -0.3 is 13.6 Å². The highest BCUT2D eigenvalue weighted by atomic mass is 32.2. The first kappa shape index (κ1) is 16.4. The van der Waals surface area contributed by atoms with E-state index in [-0.39, 0.29) is 11.2 Å². The van der Waals surface area contributed by atoms with Crippen molar-refractivity contribution in [3.63, 3.8) is 0 Å². The maximum atomic E-state index is 11.4. The topological polar surface area (TPSA) is 78.4 Å². The van der Waals surface area contributed by atoms with Gasteiger partial charge in [-0.25, -0.2) is 4.79 Å². The molecule has 4 aliphatic rings. The van der Waals surface area contributed by atoms with Gasteiger partial charge in [-0.2, -0.15) is 0 Å². The van der Waals surface area contributed by atoms with E-state index in [1.54, 1.807) is 12.1 Å². The van der Waals surface area contributed by atoms with E-state index >= 15 is 0 Å². The number of esters is 1. The Morgan fingerprint density at radius 2 is 1.85 bits per heavy atom. The summed E-state index contributed by atoms with van der Waals surface area (Å²) in [5.41, 5.74) is 0.128. The molecule has 4 aliphatic carbocycles. The first-order valence-corrected chi connectivity index (χ1v) is 10.3. The van der Waals surface area contributed by atoms with Gasteiger partial charge in [0.05, 0.1) is 12.9 Å². The summed E-state index contributed by atoms with van der Waals surface area (Å²) in [5, 5.41) is 9.26.